The lowest BCUT2D eigenvalue weighted by Gasteiger charge is -2.14. The first kappa shape index (κ1) is 23.2. The van der Waals surface area contributed by atoms with Crippen LogP contribution in [0.1, 0.15) is 35.7 Å². The zero-order valence-corrected chi connectivity index (χ0v) is 19.9. The third-order valence-corrected chi connectivity index (χ3v) is 5.67. The molecule has 0 saturated heterocycles. The van der Waals surface area contributed by atoms with Crippen molar-refractivity contribution in [3.05, 3.63) is 59.8 Å². The fourth-order valence-corrected chi connectivity index (χ4v) is 4.06. The Morgan fingerprint density at radius 1 is 1.15 bits per heavy atom. The van der Waals surface area contributed by atoms with Gasteiger partial charge in [-0.2, -0.15) is 0 Å². The van der Waals surface area contributed by atoms with Gasteiger partial charge in [0.15, 0.2) is 5.75 Å². The molecule has 0 bridgehead atoms. The Morgan fingerprint density at radius 3 is 2.56 bits per heavy atom. The van der Waals surface area contributed by atoms with Crippen LogP contribution in [0.3, 0.4) is 0 Å². The van der Waals surface area contributed by atoms with Crippen molar-refractivity contribution in [3.8, 4) is 11.5 Å². The lowest BCUT2D eigenvalue weighted by Crippen LogP contribution is -2.25. The minimum Gasteiger partial charge on any atom is -0.491 e. The Morgan fingerprint density at radius 2 is 1.91 bits per heavy atom. The second-order valence-electron chi connectivity index (χ2n) is 8.16. The fraction of sp³-hybridized carbons (Fsp3) is 0.320. The molecule has 0 spiro atoms. The highest BCUT2D eigenvalue weighted by Crippen LogP contribution is 2.35. The minimum absolute atomic E-state index is 0.293. The second-order valence-corrected chi connectivity index (χ2v) is 8.16. The maximum Gasteiger partial charge on any atom is 0.414 e. The van der Waals surface area contributed by atoms with Gasteiger partial charge in [0.05, 0.1) is 29.6 Å². The number of carbonyl (C=O) groups is 2. The molecule has 0 fully saturated rings. The largest absolute Gasteiger partial charge is 0.491 e. The Kier molecular flexibility index (Phi) is 6.45. The molecule has 0 radical (unpaired) electrons. The number of benzene rings is 1. The topological polar surface area (TPSA) is 104 Å². The summed E-state index contributed by atoms with van der Waals surface area (Å²) in [5, 5.41) is 0.699. The van der Waals surface area contributed by atoms with Crippen LogP contribution in [0.15, 0.2) is 42.7 Å². The summed E-state index contributed by atoms with van der Waals surface area (Å²) in [7, 11) is 3.21. The van der Waals surface area contributed by atoms with Crippen LogP contribution in [0, 0.1) is 0 Å². The number of rotatable bonds is 8. The van der Waals surface area contributed by atoms with Crippen molar-refractivity contribution in [1.29, 1.82) is 0 Å². The lowest BCUT2D eigenvalue weighted by molar-refractivity contribution is 0.100. The molecule has 4 rings (SSSR count). The number of fused-ring (bicyclic) bond motifs is 3. The molecule has 178 valence electrons. The number of nitrogens with two attached hydrogens (primary N) is 1. The molecular weight excluding hydrogens is 434 g/mol. The van der Waals surface area contributed by atoms with E-state index in [9.17, 15) is 9.59 Å². The predicted octanol–water partition coefficient (Wildman–Crippen LogP) is 3.65. The van der Waals surface area contributed by atoms with Crippen molar-refractivity contribution >= 4 is 28.4 Å². The van der Waals surface area contributed by atoms with E-state index >= 15 is 0 Å². The molecule has 1 aromatic carbocycles. The number of pyridine rings is 1. The highest BCUT2D eigenvalue weighted by Gasteiger charge is 2.22. The second kappa shape index (κ2) is 9.46. The third-order valence-electron chi connectivity index (χ3n) is 5.67. The van der Waals surface area contributed by atoms with Gasteiger partial charge in [-0.25, -0.2) is 9.78 Å². The molecule has 0 saturated carbocycles. The number of para-hydroxylation sites is 1. The predicted molar refractivity (Wildman–Crippen MR) is 130 cm³/mol. The Balaban J connectivity index is 1.76. The molecule has 2 N–H and O–H groups in total. The van der Waals surface area contributed by atoms with Gasteiger partial charge in [-0.1, -0.05) is 25.1 Å². The van der Waals surface area contributed by atoms with Crippen LogP contribution in [0.2, 0.25) is 0 Å². The molecule has 0 aliphatic carbocycles. The molecule has 34 heavy (non-hydrogen) atoms. The number of aromatic nitrogens is 3. The van der Waals surface area contributed by atoms with Crippen LogP contribution in [-0.4, -0.2) is 51.6 Å². The van der Waals surface area contributed by atoms with Gasteiger partial charge in [0.1, 0.15) is 17.1 Å². The maximum atomic E-state index is 12.4. The zero-order valence-electron chi connectivity index (χ0n) is 19.9. The Bertz CT molecular complexity index is 1350. The van der Waals surface area contributed by atoms with E-state index < -0.39 is 12.0 Å². The Labute approximate surface area is 197 Å². The smallest absolute Gasteiger partial charge is 0.414 e. The van der Waals surface area contributed by atoms with Gasteiger partial charge in [0.2, 0.25) is 0 Å². The van der Waals surface area contributed by atoms with Crippen LogP contribution < -0.4 is 15.2 Å². The summed E-state index contributed by atoms with van der Waals surface area (Å²) < 4.78 is 15.6. The number of amides is 2. The number of carbonyl (C=O) groups excluding carboxylic acids is 2. The van der Waals surface area contributed by atoms with Crippen LogP contribution in [0.25, 0.3) is 16.4 Å². The summed E-state index contributed by atoms with van der Waals surface area (Å²) in [6.45, 7) is 5.34. The number of ether oxygens (including phenoxy) is 2. The quantitative estimate of drug-likeness (QED) is 0.430. The average molecular weight is 464 g/mol. The highest BCUT2D eigenvalue weighted by molar-refractivity contribution is 6.14. The molecular formula is C25H29N5O4. The van der Waals surface area contributed by atoms with Crippen molar-refractivity contribution in [2.24, 2.45) is 5.73 Å². The number of imidazole rings is 1. The molecule has 9 heteroatoms. The molecule has 4 aromatic rings. The standard InChI is InChI=1S/C25H29N5O4/c1-5-21-27-16(14-29(21)6-2)11-12-33-20-13-17(34-25(32)28(3)4)15-30-19-10-8-7-9-18(19)22(23(20)30)24(26)31/h7-10,13-15H,5-6,11-12H2,1-4H3,(H2,26,31). The first-order chi connectivity index (χ1) is 16.3. The van der Waals surface area contributed by atoms with Gasteiger partial charge >= 0.3 is 6.09 Å². The highest BCUT2D eigenvalue weighted by atomic mass is 16.6. The summed E-state index contributed by atoms with van der Waals surface area (Å²) in [5.74, 6) is 1.17. The number of hydrogen-bond acceptors (Lipinski definition) is 5. The lowest BCUT2D eigenvalue weighted by atomic mass is 10.1. The van der Waals surface area contributed by atoms with Crippen molar-refractivity contribution in [2.45, 2.75) is 33.2 Å². The van der Waals surface area contributed by atoms with Gasteiger partial charge in [0, 0.05) is 51.1 Å². The molecule has 0 aliphatic heterocycles. The van der Waals surface area contributed by atoms with Crippen molar-refractivity contribution in [3.63, 3.8) is 0 Å². The van der Waals surface area contributed by atoms with Crippen molar-refractivity contribution < 1.29 is 19.1 Å². The van der Waals surface area contributed by atoms with E-state index in [1.807, 2.05) is 30.5 Å². The van der Waals surface area contributed by atoms with Gasteiger partial charge in [-0.3, -0.25) is 4.79 Å². The van der Waals surface area contributed by atoms with Crippen LogP contribution >= 0.6 is 0 Å². The van der Waals surface area contributed by atoms with Gasteiger partial charge in [-0.15, -0.1) is 0 Å². The van der Waals surface area contributed by atoms with E-state index in [1.165, 1.54) is 4.90 Å². The molecule has 3 aromatic heterocycles. The summed E-state index contributed by atoms with van der Waals surface area (Å²) in [6, 6.07) is 9.04. The van der Waals surface area contributed by atoms with Crippen LogP contribution in [0.4, 0.5) is 4.79 Å². The van der Waals surface area contributed by atoms with Gasteiger partial charge in [-0.05, 0) is 13.0 Å². The molecule has 0 aliphatic rings. The molecule has 9 nitrogen and oxygen atoms in total. The number of hydrogen-bond donors (Lipinski definition) is 1. The SMILES string of the molecule is CCc1nc(CCOc2cc(OC(=O)N(C)C)cn3c2c(C(N)=O)c2ccccc23)cn1CC. The van der Waals surface area contributed by atoms with E-state index in [0.717, 1.165) is 30.0 Å². The molecule has 2 amide bonds. The number of primary amides is 1. The zero-order chi connectivity index (χ0) is 24.4. The maximum absolute atomic E-state index is 12.4. The first-order valence-corrected chi connectivity index (χ1v) is 11.3. The van der Waals surface area contributed by atoms with Crippen molar-refractivity contribution in [1.82, 2.24) is 18.9 Å². The molecule has 0 unspecified atom stereocenters. The fourth-order valence-electron chi connectivity index (χ4n) is 4.06. The van der Waals surface area contributed by atoms with E-state index in [4.69, 9.17) is 15.2 Å². The van der Waals surface area contributed by atoms with E-state index in [2.05, 4.69) is 23.4 Å². The summed E-state index contributed by atoms with van der Waals surface area (Å²) in [5.41, 5.74) is 8.36. The minimum atomic E-state index is -0.559. The van der Waals surface area contributed by atoms with E-state index in [1.54, 1.807) is 30.8 Å². The molecule has 3 heterocycles. The first-order valence-electron chi connectivity index (χ1n) is 11.3. The monoisotopic (exact) mass is 463 g/mol. The van der Waals surface area contributed by atoms with Gasteiger partial charge < -0.3 is 29.1 Å². The van der Waals surface area contributed by atoms with Crippen LogP contribution in [-0.2, 0) is 19.4 Å². The number of aryl methyl sites for hydroxylation is 2. The van der Waals surface area contributed by atoms with E-state index in [-0.39, 0.29) is 0 Å². The van der Waals surface area contributed by atoms with Crippen molar-refractivity contribution in [2.75, 3.05) is 20.7 Å². The van der Waals surface area contributed by atoms with Crippen LogP contribution in [0.5, 0.6) is 11.5 Å². The average Bonchev–Trinajstić information content (AvgIpc) is 3.37. The Hall–Kier alpha value is -4.01. The van der Waals surface area contributed by atoms with E-state index in [0.29, 0.717) is 41.0 Å². The summed E-state index contributed by atoms with van der Waals surface area (Å²) in [6.07, 6.45) is 4.62. The number of nitrogens with zero attached hydrogens (tertiary/aromatic N) is 4. The summed E-state index contributed by atoms with van der Waals surface area (Å²) >= 11 is 0. The summed E-state index contributed by atoms with van der Waals surface area (Å²) in [4.78, 5) is 30.7. The normalized spacial score (nSPS) is 11.2. The van der Waals surface area contributed by atoms with Gasteiger partial charge in [0.25, 0.3) is 5.91 Å². The molecule has 0 atom stereocenters. The third kappa shape index (κ3) is 4.28.